The van der Waals surface area contributed by atoms with Crippen molar-refractivity contribution in [2.24, 2.45) is 0 Å². The van der Waals surface area contributed by atoms with Gasteiger partial charge in [-0.25, -0.2) is 0 Å². The summed E-state index contributed by atoms with van der Waals surface area (Å²) in [5, 5.41) is 2.88. The van der Waals surface area contributed by atoms with Crippen LogP contribution in [0.5, 0.6) is 0 Å². The second-order valence-electron chi connectivity index (χ2n) is 7.62. The first-order valence-electron chi connectivity index (χ1n) is 9.26. The largest absolute Gasteiger partial charge is 0.332 e. The molecule has 0 N–H and O–H groups in total. The van der Waals surface area contributed by atoms with E-state index < -0.39 is 8.07 Å². The average Bonchev–Trinajstić information content (AvgIpc) is 3.07. The maximum Gasteiger partial charge on any atom is 0.210 e. The summed E-state index contributed by atoms with van der Waals surface area (Å²) in [6.07, 6.45) is 2.39. The number of para-hydroxylation sites is 1. The summed E-state index contributed by atoms with van der Waals surface area (Å²) in [5.41, 5.74) is 2.07. The van der Waals surface area contributed by atoms with E-state index in [4.69, 9.17) is 11.6 Å². The van der Waals surface area contributed by atoms with E-state index >= 15 is 0 Å². The third kappa shape index (κ3) is 3.53. The normalized spacial score (nSPS) is 11.7. The molecule has 0 aliphatic carbocycles. The quantitative estimate of drug-likeness (QED) is 0.343. The molecule has 0 atom stereocenters. The zero-order valence-corrected chi connectivity index (χ0v) is 17.6. The predicted molar refractivity (Wildman–Crippen MR) is 118 cm³/mol. The van der Waals surface area contributed by atoms with Gasteiger partial charge in [0.2, 0.25) is 5.78 Å². The van der Waals surface area contributed by atoms with Gasteiger partial charge >= 0.3 is 0 Å². The fourth-order valence-electron chi connectivity index (χ4n) is 3.52. The SMILES string of the molecule is C[Si](C)(Cn1c(Cl)ccc1C(=O)c1cnc2ccccc2c1)c1ccccc1. The van der Waals surface area contributed by atoms with E-state index in [-0.39, 0.29) is 5.78 Å². The van der Waals surface area contributed by atoms with E-state index in [0.717, 1.165) is 17.1 Å². The Balaban J connectivity index is 1.70. The van der Waals surface area contributed by atoms with Crippen molar-refractivity contribution in [3.05, 3.63) is 95.4 Å². The minimum Gasteiger partial charge on any atom is -0.332 e. The molecule has 0 saturated carbocycles. The first kappa shape index (κ1) is 18.7. The standard InChI is InChI=1S/C23H21ClN2OSi/c1-28(2,19-9-4-3-5-10-19)16-26-21(12-13-22(26)24)23(27)18-14-17-8-6-7-11-20(17)25-15-18/h3-15H,16H2,1-2H3. The van der Waals surface area contributed by atoms with Gasteiger partial charge in [0.05, 0.1) is 11.2 Å². The number of carbonyl (C=O) groups excluding carboxylic acids is 1. The first-order valence-corrected chi connectivity index (χ1v) is 12.8. The maximum atomic E-state index is 13.2. The number of halogens is 1. The highest BCUT2D eigenvalue weighted by molar-refractivity contribution is 6.88. The van der Waals surface area contributed by atoms with Crippen LogP contribution >= 0.6 is 11.6 Å². The maximum absolute atomic E-state index is 13.2. The van der Waals surface area contributed by atoms with Gasteiger partial charge in [-0.1, -0.05) is 78.4 Å². The molecule has 0 amide bonds. The molecule has 0 bridgehead atoms. The number of carbonyl (C=O) groups is 1. The van der Waals surface area contributed by atoms with Crippen molar-refractivity contribution >= 4 is 41.5 Å². The second kappa shape index (κ2) is 7.38. The van der Waals surface area contributed by atoms with Crippen molar-refractivity contribution in [2.45, 2.75) is 19.3 Å². The summed E-state index contributed by atoms with van der Waals surface area (Å²) in [4.78, 5) is 17.7. The Hall–Kier alpha value is -2.69. The predicted octanol–water partition coefficient (Wildman–Crippen LogP) is 5.08. The van der Waals surface area contributed by atoms with Gasteiger partial charge in [0.25, 0.3) is 0 Å². The van der Waals surface area contributed by atoms with Gasteiger partial charge in [-0.2, -0.15) is 0 Å². The number of aromatic nitrogens is 2. The van der Waals surface area contributed by atoms with Gasteiger partial charge in [0, 0.05) is 23.3 Å². The van der Waals surface area contributed by atoms with Crippen LogP contribution in [0.2, 0.25) is 18.2 Å². The van der Waals surface area contributed by atoms with Crippen LogP contribution < -0.4 is 5.19 Å². The number of hydrogen-bond donors (Lipinski definition) is 0. The Morgan fingerprint density at radius 2 is 1.71 bits per heavy atom. The van der Waals surface area contributed by atoms with E-state index in [1.807, 2.05) is 47.0 Å². The highest BCUT2D eigenvalue weighted by Crippen LogP contribution is 2.22. The Morgan fingerprint density at radius 3 is 2.50 bits per heavy atom. The van der Waals surface area contributed by atoms with Crippen molar-refractivity contribution in [1.29, 1.82) is 0 Å². The third-order valence-corrected chi connectivity index (χ3v) is 8.45. The lowest BCUT2D eigenvalue weighted by atomic mass is 10.1. The average molecular weight is 405 g/mol. The highest BCUT2D eigenvalue weighted by atomic mass is 35.5. The van der Waals surface area contributed by atoms with E-state index in [0.29, 0.717) is 16.4 Å². The Labute approximate surface area is 170 Å². The molecule has 0 fully saturated rings. The second-order valence-corrected chi connectivity index (χ2v) is 12.7. The van der Waals surface area contributed by atoms with Crippen LogP contribution in [0, 0.1) is 0 Å². The monoisotopic (exact) mass is 404 g/mol. The molecule has 5 heteroatoms. The van der Waals surface area contributed by atoms with Crippen molar-refractivity contribution in [3.8, 4) is 0 Å². The molecule has 3 nitrogen and oxygen atoms in total. The van der Waals surface area contributed by atoms with Gasteiger partial charge < -0.3 is 4.57 Å². The number of pyridine rings is 1. The lowest BCUT2D eigenvalue weighted by Gasteiger charge is -2.25. The molecule has 0 aliphatic rings. The van der Waals surface area contributed by atoms with E-state index in [2.05, 4.69) is 42.3 Å². The van der Waals surface area contributed by atoms with Crippen LogP contribution in [-0.4, -0.2) is 23.4 Å². The summed E-state index contributed by atoms with van der Waals surface area (Å²) in [6, 6.07) is 23.8. The first-order chi connectivity index (χ1) is 13.5. The molecular weight excluding hydrogens is 384 g/mol. The Kier molecular flexibility index (Phi) is 4.92. The molecule has 140 valence electrons. The lowest BCUT2D eigenvalue weighted by molar-refractivity contribution is 0.103. The molecule has 4 rings (SSSR count). The Bertz CT molecular complexity index is 1150. The smallest absolute Gasteiger partial charge is 0.210 e. The van der Waals surface area contributed by atoms with Gasteiger partial charge in [-0.15, -0.1) is 0 Å². The molecule has 0 spiro atoms. The zero-order chi connectivity index (χ0) is 19.7. The van der Waals surface area contributed by atoms with Crippen LogP contribution in [0.1, 0.15) is 16.1 Å². The number of ketones is 1. The Morgan fingerprint density at radius 1 is 1.00 bits per heavy atom. The van der Waals surface area contributed by atoms with Gasteiger partial charge in [0.1, 0.15) is 13.2 Å². The number of benzene rings is 2. The summed E-state index contributed by atoms with van der Waals surface area (Å²) in [7, 11) is -1.83. The third-order valence-electron chi connectivity index (χ3n) is 5.12. The number of fused-ring (bicyclic) bond motifs is 1. The summed E-state index contributed by atoms with van der Waals surface area (Å²) >= 11 is 6.48. The summed E-state index contributed by atoms with van der Waals surface area (Å²) < 4.78 is 1.96. The molecule has 0 radical (unpaired) electrons. The van der Waals surface area contributed by atoms with Crippen LogP contribution in [0.4, 0.5) is 0 Å². The topological polar surface area (TPSA) is 34.9 Å². The van der Waals surface area contributed by atoms with E-state index in [9.17, 15) is 4.79 Å². The molecule has 2 heterocycles. The minimum atomic E-state index is -1.83. The minimum absolute atomic E-state index is 0.0528. The van der Waals surface area contributed by atoms with Crippen molar-refractivity contribution in [1.82, 2.24) is 9.55 Å². The molecule has 2 aromatic carbocycles. The van der Waals surface area contributed by atoms with Gasteiger partial charge in [-0.05, 0) is 24.3 Å². The molecule has 0 unspecified atom stereocenters. The van der Waals surface area contributed by atoms with Crippen LogP contribution in [0.3, 0.4) is 0 Å². The van der Waals surface area contributed by atoms with E-state index in [1.165, 1.54) is 5.19 Å². The van der Waals surface area contributed by atoms with Gasteiger partial charge in [0.15, 0.2) is 0 Å². The lowest BCUT2D eigenvalue weighted by Crippen LogP contribution is -2.46. The molecule has 0 saturated heterocycles. The van der Waals surface area contributed by atoms with E-state index in [1.54, 1.807) is 12.3 Å². The fourth-order valence-corrected chi connectivity index (χ4v) is 6.24. The number of rotatable bonds is 5. The molecule has 2 aromatic heterocycles. The summed E-state index contributed by atoms with van der Waals surface area (Å²) in [5.74, 6) is -0.0528. The zero-order valence-electron chi connectivity index (χ0n) is 15.9. The molecular formula is C23H21ClN2OSi. The molecule has 0 aliphatic heterocycles. The van der Waals surface area contributed by atoms with Crippen molar-refractivity contribution in [3.63, 3.8) is 0 Å². The fraction of sp³-hybridized carbons (Fsp3) is 0.130. The number of nitrogens with zero attached hydrogens (tertiary/aromatic N) is 2. The van der Waals surface area contributed by atoms with Gasteiger partial charge in [-0.3, -0.25) is 9.78 Å². The van der Waals surface area contributed by atoms with Crippen molar-refractivity contribution < 1.29 is 4.79 Å². The van der Waals surface area contributed by atoms with Crippen LogP contribution in [-0.2, 0) is 6.17 Å². The number of hydrogen-bond acceptors (Lipinski definition) is 2. The van der Waals surface area contributed by atoms with Crippen LogP contribution in [0.25, 0.3) is 10.9 Å². The van der Waals surface area contributed by atoms with Crippen molar-refractivity contribution in [2.75, 3.05) is 0 Å². The van der Waals surface area contributed by atoms with Crippen LogP contribution in [0.15, 0.2) is 79.0 Å². The highest BCUT2D eigenvalue weighted by Gasteiger charge is 2.27. The molecule has 28 heavy (non-hydrogen) atoms. The summed E-state index contributed by atoms with van der Waals surface area (Å²) in [6.45, 7) is 4.59. The molecule has 4 aromatic rings.